The number of carbonyl (C=O) groups is 1. The van der Waals surface area contributed by atoms with E-state index in [1.165, 1.54) is 17.7 Å². The van der Waals surface area contributed by atoms with Gasteiger partial charge in [0.05, 0.1) is 12.1 Å². The van der Waals surface area contributed by atoms with Gasteiger partial charge < -0.3 is 4.90 Å². The Morgan fingerprint density at radius 3 is 2.50 bits per heavy atom. The van der Waals surface area contributed by atoms with Gasteiger partial charge in [0.25, 0.3) is 0 Å². The third-order valence-corrected chi connectivity index (χ3v) is 4.89. The van der Waals surface area contributed by atoms with Crippen LogP contribution >= 0.6 is 11.3 Å². The topological polar surface area (TPSA) is 45.2 Å². The van der Waals surface area contributed by atoms with E-state index in [0.717, 1.165) is 30.9 Å². The van der Waals surface area contributed by atoms with E-state index in [9.17, 15) is 4.79 Å². The van der Waals surface area contributed by atoms with Crippen molar-refractivity contribution in [2.45, 2.75) is 58.5 Å². The Morgan fingerprint density at radius 2 is 1.95 bits per heavy atom. The van der Waals surface area contributed by atoms with Gasteiger partial charge in [-0.05, 0) is 33.6 Å². The van der Waals surface area contributed by atoms with Crippen LogP contribution in [0.15, 0.2) is 6.20 Å². The van der Waals surface area contributed by atoms with Gasteiger partial charge in [-0.3, -0.25) is 10.1 Å². The molecule has 0 saturated carbocycles. The molecule has 2 heterocycles. The highest BCUT2D eigenvalue weighted by Gasteiger charge is 2.23. The number of rotatable bonds is 4. The smallest absolute Gasteiger partial charge is 0.239 e. The fraction of sp³-hybridized carbons (Fsp3) is 0.733. The van der Waals surface area contributed by atoms with E-state index < -0.39 is 0 Å². The third-order valence-electron chi connectivity index (χ3n) is 3.80. The van der Waals surface area contributed by atoms with Gasteiger partial charge in [0.1, 0.15) is 5.01 Å². The molecule has 1 amide bonds. The van der Waals surface area contributed by atoms with Crippen molar-refractivity contribution in [1.82, 2.24) is 15.2 Å². The Kier molecular flexibility index (Phi) is 5.54. The summed E-state index contributed by atoms with van der Waals surface area (Å²) in [5.74, 6) is 0.229. The van der Waals surface area contributed by atoms with Crippen molar-refractivity contribution in [2.75, 3.05) is 13.1 Å². The Bertz CT molecular complexity index is 438. The Labute approximate surface area is 125 Å². The van der Waals surface area contributed by atoms with Gasteiger partial charge in [-0.2, -0.15) is 0 Å². The molecule has 0 bridgehead atoms. The van der Waals surface area contributed by atoms with Gasteiger partial charge in [-0.25, -0.2) is 4.98 Å². The summed E-state index contributed by atoms with van der Waals surface area (Å²) in [6.45, 7) is 7.92. The van der Waals surface area contributed by atoms with E-state index in [1.54, 1.807) is 11.3 Å². The molecule has 1 aromatic rings. The molecule has 5 heteroatoms. The van der Waals surface area contributed by atoms with Gasteiger partial charge in [-0.1, -0.05) is 12.8 Å². The number of carbonyl (C=O) groups excluding carboxylic acids is 1. The van der Waals surface area contributed by atoms with Crippen molar-refractivity contribution in [3.8, 4) is 0 Å². The van der Waals surface area contributed by atoms with Crippen LogP contribution in [0.5, 0.6) is 0 Å². The minimum Gasteiger partial charge on any atom is -0.341 e. The van der Waals surface area contributed by atoms with Crippen LogP contribution in [0.3, 0.4) is 0 Å². The molecule has 0 spiro atoms. The molecule has 4 nitrogen and oxygen atoms in total. The molecular weight excluding hydrogens is 270 g/mol. The lowest BCUT2D eigenvalue weighted by atomic mass is 10.2. The number of nitrogens with zero attached hydrogens (tertiary/aromatic N) is 2. The molecule has 0 radical (unpaired) electrons. The quantitative estimate of drug-likeness (QED) is 0.929. The van der Waals surface area contributed by atoms with Gasteiger partial charge >= 0.3 is 0 Å². The SMILES string of the molecule is Cc1cnc(C(C)NC(C)C(=O)N2CCCCCC2)s1. The van der Waals surface area contributed by atoms with E-state index >= 15 is 0 Å². The summed E-state index contributed by atoms with van der Waals surface area (Å²) in [5, 5.41) is 4.44. The van der Waals surface area contributed by atoms with Gasteiger partial charge in [0.2, 0.25) is 5.91 Å². The average molecular weight is 295 g/mol. The molecule has 2 rings (SSSR count). The second-order valence-corrected chi connectivity index (χ2v) is 6.93. The lowest BCUT2D eigenvalue weighted by Gasteiger charge is -2.26. The average Bonchev–Trinajstić information content (AvgIpc) is 2.70. The van der Waals surface area contributed by atoms with E-state index in [-0.39, 0.29) is 18.0 Å². The first-order valence-corrected chi connectivity index (χ1v) is 8.36. The lowest BCUT2D eigenvalue weighted by molar-refractivity contribution is -0.133. The Morgan fingerprint density at radius 1 is 1.30 bits per heavy atom. The summed E-state index contributed by atoms with van der Waals surface area (Å²) < 4.78 is 0. The van der Waals surface area contributed by atoms with Crippen LogP contribution in [0.4, 0.5) is 0 Å². The van der Waals surface area contributed by atoms with Crippen LogP contribution < -0.4 is 5.32 Å². The molecular formula is C15H25N3OS. The number of hydrogen-bond donors (Lipinski definition) is 1. The first-order chi connectivity index (χ1) is 9.58. The van der Waals surface area contributed by atoms with Crippen molar-refractivity contribution < 1.29 is 4.79 Å². The minimum atomic E-state index is -0.146. The van der Waals surface area contributed by atoms with Crippen LogP contribution in [-0.2, 0) is 4.79 Å². The van der Waals surface area contributed by atoms with Gasteiger partial charge in [-0.15, -0.1) is 11.3 Å². The summed E-state index contributed by atoms with van der Waals surface area (Å²) in [4.78, 5) is 20.1. The van der Waals surface area contributed by atoms with E-state index in [4.69, 9.17) is 0 Å². The van der Waals surface area contributed by atoms with Crippen molar-refractivity contribution in [1.29, 1.82) is 0 Å². The van der Waals surface area contributed by atoms with Crippen molar-refractivity contribution in [3.63, 3.8) is 0 Å². The highest BCUT2D eigenvalue weighted by atomic mass is 32.1. The van der Waals surface area contributed by atoms with Crippen LogP contribution in [-0.4, -0.2) is 34.9 Å². The van der Waals surface area contributed by atoms with Crippen molar-refractivity contribution >= 4 is 17.2 Å². The first-order valence-electron chi connectivity index (χ1n) is 7.55. The molecule has 20 heavy (non-hydrogen) atoms. The van der Waals surface area contributed by atoms with Crippen LogP contribution in [0.2, 0.25) is 0 Å². The number of likely N-dealkylation sites (tertiary alicyclic amines) is 1. The number of amides is 1. The number of aromatic nitrogens is 1. The Hall–Kier alpha value is -0.940. The number of nitrogens with one attached hydrogen (secondary N) is 1. The molecule has 1 fully saturated rings. The molecule has 0 aliphatic carbocycles. The van der Waals surface area contributed by atoms with Crippen LogP contribution in [0.25, 0.3) is 0 Å². The number of aryl methyl sites for hydroxylation is 1. The lowest BCUT2D eigenvalue weighted by Crippen LogP contribution is -2.45. The van der Waals surface area contributed by atoms with Gasteiger partial charge in [0.15, 0.2) is 0 Å². The summed E-state index contributed by atoms with van der Waals surface area (Å²) in [7, 11) is 0. The van der Waals surface area contributed by atoms with Gasteiger partial charge in [0, 0.05) is 24.2 Å². The largest absolute Gasteiger partial charge is 0.341 e. The van der Waals surface area contributed by atoms with E-state index in [2.05, 4.69) is 24.1 Å². The maximum Gasteiger partial charge on any atom is 0.239 e. The summed E-state index contributed by atoms with van der Waals surface area (Å²) in [6, 6.07) is -0.0214. The maximum atomic E-state index is 12.5. The van der Waals surface area contributed by atoms with Crippen molar-refractivity contribution in [3.05, 3.63) is 16.1 Å². The number of thiazole rings is 1. The predicted octanol–water partition coefficient (Wildman–Crippen LogP) is 2.89. The zero-order chi connectivity index (χ0) is 14.5. The molecule has 1 N–H and O–H groups in total. The summed E-state index contributed by atoms with van der Waals surface area (Å²) in [5.41, 5.74) is 0. The molecule has 0 aromatic carbocycles. The maximum absolute atomic E-state index is 12.5. The molecule has 1 saturated heterocycles. The van der Waals surface area contributed by atoms with Crippen molar-refractivity contribution in [2.24, 2.45) is 0 Å². The fourth-order valence-corrected chi connectivity index (χ4v) is 3.44. The van der Waals surface area contributed by atoms with Crippen LogP contribution in [0.1, 0.15) is 55.5 Å². The monoisotopic (exact) mass is 295 g/mol. The molecule has 2 atom stereocenters. The standard InChI is InChI=1S/C15H25N3OS/c1-11-10-16-14(20-11)12(2)17-13(3)15(19)18-8-6-4-5-7-9-18/h10,12-13,17H,4-9H2,1-3H3. The molecule has 112 valence electrons. The fourth-order valence-electron chi connectivity index (χ4n) is 2.65. The Balaban J connectivity index is 1.89. The van der Waals surface area contributed by atoms with E-state index in [0.29, 0.717) is 0 Å². The third kappa shape index (κ3) is 4.03. The normalized spacial score (nSPS) is 19.4. The number of hydrogen-bond acceptors (Lipinski definition) is 4. The zero-order valence-corrected chi connectivity index (χ0v) is 13.5. The first kappa shape index (κ1) is 15.4. The zero-order valence-electron chi connectivity index (χ0n) is 12.7. The summed E-state index contributed by atoms with van der Waals surface area (Å²) >= 11 is 1.69. The van der Waals surface area contributed by atoms with Crippen LogP contribution in [0, 0.1) is 6.92 Å². The van der Waals surface area contributed by atoms with E-state index in [1.807, 2.05) is 18.0 Å². The minimum absolute atomic E-state index is 0.125. The molecule has 1 aromatic heterocycles. The second-order valence-electron chi connectivity index (χ2n) is 5.66. The molecule has 2 unspecified atom stereocenters. The highest BCUT2D eigenvalue weighted by Crippen LogP contribution is 2.20. The molecule has 1 aliphatic rings. The molecule has 1 aliphatic heterocycles. The second kappa shape index (κ2) is 7.18. The predicted molar refractivity (Wildman–Crippen MR) is 82.9 cm³/mol. The summed E-state index contributed by atoms with van der Waals surface area (Å²) in [6.07, 6.45) is 6.67. The highest BCUT2D eigenvalue weighted by molar-refractivity contribution is 7.11.